The Labute approximate surface area is 169 Å². The number of hydrogen-bond acceptors (Lipinski definition) is 6. The molecule has 0 bridgehead atoms. The molecular formula is C23H24N2O4. The predicted molar refractivity (Wildman–Crippen MR) is 110 cm³/mol. The van der Waals surface area contributed by atoms with E-state index >= 15 is 0 Å². The monoisotopic (exact) mass is 392 g/mol. The van der Waals surface area contributed by atoms with Crippen LogP contribution >= 0.6 is 0 Å². The van der Waals surface area contributed by atoms with Gasteiger partial charge in [0.1, 0.15) is 12.4 Å². The molecule has 0 amide bonds. The maximum atomic E-state index is 12.9. The van der Waals surface area contributed by atoms with Crippen molar-refractivity contribution in [2.24, 2.45) is 5.73 Å². The average molecular weight is 392 g/mol. The average Bonchev–Trinajstić information content (AvgIpc) is 2.75. The molecule has 1 atom stereocenters. The topological polar surface area (TPSA) is 91.5 Å². The van der Waals surface area contributed by atoms with Crippen LogP contribution in [0.25, 0.3) is 10.8 Å². The molecule has 1 heterocycles. The summed E-state index contributed by atoms with van der Waals surface area (Å²) < 4.78 is 9.82. The van der Waals surface area contributed by atoms with E-state index in [9.17, 15) is 9.59 Å². The number of hydrogen-bond donors (Lipinski definition) is 1. The smallest absolute Gasteiger partial charge is 0.331 e. The number of methoxy groups -OCH3 is 1. The first-order valence-corrected chi connectivity index (χ1v) is 9.39. The highest BCUT2D eigenvalue weighted by Gasteiger charge is 2.19. The predicted octanol–water partition coefficient (Wildman–Crippen LogP) is 2.78. The maximum Gasteiger partial charge on any atom is 0.331 e. The molecule has 0 aliphatic rings. The molecule has 0 radical (unpaired) electrons. The lowest BCUT2D eigenvalue weighted by Gasteiger charge is -2.15. The van der Waals surface area contributed by atoms with Gasteiger partial charge >= 0.3 is 5.97 Å². The molecule has 0 aliphatic carbocycles. The van der Waals surface area contributed by atoms with Gasteiger partial charge in [0.2, 0.25) is 0 Å². The Morgan fingerprint density at radius 1 is 1.03 bits per heavy atom. The van der Waals surface area contributed by atoms with Crippen molar-refractivity contribution in [1.29, 1.82) is 0 Å². The summed E-state index contributed by atoms with van der Waals surface area (Å²) in [6.07, 6.45) is 3.87. The Morgan fingerprint density at radius 2 is 1.79 bits per heavy atom. The van der Waals surface area contributed by atoms with Gasteiger partial charge in [-0.1, -0.05) is 42.5 Å². The van der Waals surface area contributed by atoms with Crippen LogP contribution < -0.4 is 5.73 Å². The number of ketones is 1. The largest absolute Gasteiger partial charge is 0.467 e. The third-order valence-corrected chi connectivity index (χ3v) is 4.81. The number of carbonyl (C=O) groups is 2. The Morgan fingerprint density at radius 3 is 2.52 bits per heavy atom. The number of nitrogens with zero attached hydrogens (tertiary/aromatic N) is 1. The summed E-state index contributed by atoms with van der Waals surface area (Å²) in [6.45, 7) is 0.446. The summed E-state index contributed by atoms with van der Waals surface area (Å²) in [6, 6.07) is 15.4. The zero-order valence-corrected chi connectivity index (χ0v) is 16.3. The number of aromatic nitrogens is 1. The molecule has 2 N–H and O–H groups in total. The second kappa shape index (κ2) is 9.91. The van der Waals surface area contributed by atoms with Gasteiger partial charge in [0.25, 0.3) is 0 Å². The van der Waals surface area contributed by atoms with Crippen LogP contribution in [-0.2, 0) is 32.1 Å². The van der Waals surface area contributed by atoms with E-state index in [0.717, 1.165) is 27.5 Å². The minimum Gasteiger partial charge on any atom is -0.467 e. The fourth-order valence-electron chi connectivity index (χ4n) is 3.18. The third kappa shape index (κ3) is 5.47. The quantitative estimate of drug-likeness (QED) is 0.563. The van der Waals surface area contributed by atoms with Gasteiger partial charge in [-0.15, -0.1) is 0 Å². The Bertz CT molecular complexity index is 986. The van der Waals surface area contributed by atoms with Crippen molar-refractivity contribution < 1.29 is 19.1 Å². The minimum atomic E-state index is -0.416. The zero-order chi connectivity index (χ0) is 20.6. The highest BCUT2D eigenvalue weighted by atomic mass is 16.6. The summed E-state index contributed by atoms with van der Waals surface area (Å²) in [5.41, 5.74) is 8.65. The molecule has 1 aromatic heterocycles. The number of esters is 1. The van der Waals surface area contributed by atoms with Crippen molar-refractivity contribution in [2.45, 2.75) is 18.9 Å². The van der Waals surface area contributed by atoms with E-state index < -0.39 is 5.97 Å². The number of Topliss-reactive ketones (excluding diaryl/α,β-unsaturated/α-hetero) is 1. The molecule has 2 aromatic carbocycles. The molecule has 0 saturated heterocycles. The van der Waals surface area contributed by atoms with E-state index in [4.69, 9.17) is 10.5 Å². The summed E-state index contributed by atoms with van der Waals surface area (Å²) >= 11 is 0. The molecule has 0 saturated carbocycles. The zero-order valence-electron chi connectivity index (χ0n) is 16.3. The Hall–Kier alpha value is -3.09. The van der Waals surface area contributed by atoms with Crippen LogP contribution in [0.2, 0.25) is 0 Å². The van der Waals surface area contributed by atoms with Gasteiger partial charge in [0.05, 0.1) is 19.6 Å². The lowest BCUT2D eigenvalue weighted by atomic mass is 9.90. The lowest BCUT2D eigenvalue weighted by molar-refractivity contribution is -0.146. The molecule has 3 aromatic rings. The van der Waals surface area contributed by atoms with E-state index in [1.807, 2.05) is 48.5 Å². The molecule has 6 heteroatoms. The third-order valence-electron chi connectivity index (χ3n) is 4.81. The number of carbonyl (C=O) groups excluding carboxylic acids is 2. The first-order valence-electron chi connectivity index (χ1n) is 9.39. The Kier molecular flexibility index (Phi) is 7.05. The number of benzene rings is 2. The van der Waals surface area contributed by atoms with Gasteiger partial charge in [0, 0.05) is 30.7 Å². The summed E-state index contributed by atoms with van der Waals surface area (Å²) in [5, 5.41) is 2.11. The fourth-order valence-corrected chi connectivity index (χ4v) is 3.18. The number of nitrogens with two attached hydrogens (primary N) is 1. The second-order valence-corrected chi connectivity index (χ2v) is 6.80. The van der Waals surface area contributed by atoms with Gasteiger partial charge in [-0.2, -0.15) is 0 Å². The molecule has 0 fully saturated rings. The van der Waals surface area contributed by atoms with Gasteiger partial charge < -0.3 is 15.2 Å². The normalized spacial score (nSPS) is 11.9. The van der Waals surface area contributed by atoms with Crippen LogP contribution in [0.4, 0.5) is 0 Å². The van der Waals surface area contributed by atoms with Crippen LogP contribution in [0.15, 0.2) is 60.9 Å². The summed E-state index contributed by atoms with van der Waals surface area (Å²) in [5.74, 6) is -0.705. The van der Waals surface area contributed by atoms with Crippen molar-refractivity contribution in [3.8, 4) is 0 Å². The molecule has 150 valence electrons. The number of rotatable bonds is 9. The van der Waals surface area contributed by atoms with Crippen molar-refractivity contribution in [2.75, 3.05) is 20.3 Å². The summed E-state index contributed by atoms with van der Waals surface area (Å²) in [4.78, 5) is 28.1. The Balaban J connectivity index is 1.64. The van der Waals surface area contributed by atoms with E-state index in [1.54, 1.807) is 12.4 Å². The second-order valence-electron chi connectivity index (χ2n) is 6.80. The fraction of sp³-hybridized carbons (Fsp3) is 0.261. The van der Waals surface area contributed by atoms with Gasteiger partial charge in [-0.05, 0) is 28.1 Å². The van der Waals surface area contributed by atoms with E-state index in [-0.39, 0.29) is 24.9 Å². The van der Waals surface area contributed by atoms with Crippen molar-refractivity contribution in [3.05, 3.63) is 77.6 Å². The lowest BCUT2D eigenvalue weighted by Crippen LogP contribution is -2.23. The number of ether oxygens (including phenoxy) is 2. The molecule has 0 aliphatic heterocycles. The van der Waals surface area contributed by atoms with Crippen LogP contribution in [0.1, 0.15) is 22.6 Å². The van der Waals surface area contributed by atoms with E-state index in [2.05, 4.69) is 9.72 Å². The minimum absolute atomic E-state index is 0.0793. The van der Waals surface area contributed by atoms with Crippen molar-refractivity contribution in [3.63, 3.8) is 0 Å². The van der Waals surface area contributed by atoms with Crippen LogP contribution in [0.5, 0.6) is 0 Å². The van der Waals surface area contributed by atoms with E-state index in [0.29, 0.717) is 13.0 Å². The van der Waals surface area contributed by atoms with Crippen LogP contribution in [0.3, 0.4) is 0 Å². The van der Waals surface area contributed by atoms with Gasteiger partial charge in [-0.25, -0.2) is 4.79 Å². The SMILES string of the molecule is COC(=O)COCc1ccc(C(CN)C(=O)Cc2ccc3cnccc3c2)cc1. The maximum absolute atomic E-state index is 12.9. The highest BCUT2D eigenvalue weighted by molar-refractivity contribution is 5.89. The molecule has 3 rings (SSSR count). The number of fused-ring (bicyclic) bond motifs is 1. The highest BCUT2D eigenvalue weighted by Crippen LogP contribution is 2.21. The molecular weight excluding hydrogens is 368 g/mol. The van der Waals surface area contributed by atoms with Gasteiger partial charge in [-0.3, -0.25) is 9.78 Å². The van der Waals surface area contributed by atoms with Crippen LogP contribution in [0, 0.1) is 0 Å². The first kappa shape index (κ1) is 20.6. The molecule has 1 unspecified atom stereocenters. The van der Waals surface area contributed by atoms with Crippen molar-refractivity contribution >= 4 is 22.5 Å². The molecule has 29 heavy (non-hydrogen) atoms. The summed E-state index contributed by atoms with van der Waals surface area (Å²) in [7, 11) is 1.32. The van der Waals surface area contributed by atoms with Crippen LogP contribution in [-0.4, -0.2) is 37.0 Å². The number of pyridine rings is 1. The van der Waals surface area contributed by atoms with E-state index in [1.165, 1.54) is 7.11 Å². The molecule has 0 spiro atoms. The van der Waals surface area contributed by atoms with Gasteiger partial charge in [0.15, 0.2) is 0 Å². The standard InChI is InChI=1S/C23H24N2O4/c1-28-23(27)15-29-14-16-2-5-18(6-3-16)21(12-24)22(26)11-17-4-7-20-13-25-9-8-19(20)10-17/h2-10,13,21H,11-12,14-15,24H2,1H3. The van der Waals surface area contributed by atoms with Crippen molar-refractivity contribution in [1.82, 2.24) is 4.98 Å². The molecule has 6 nitrogen and oxygen atoms in total. The first-order chi connectivity index (χ1) is 14.1.